The van der Waals surface area contributed by atoms with E-state index in [0.717, 1.165) is 11.1 Å². The summed E-state index contributed by atoms with van der Waals surface area (Å²) in [7, 11) is 0. The molecule has 2 rings (SSSR count). The van der Waals surface area contributed by atoms with Gasteiger partial charge in [0.05, 0.1) is 6.26 Å². The van der Waals surface area contributed by atoms with Crippen LogP contribution in [0.3, 0.4) is 0 Å². The van der Waals surface area contributed by atoms with E-state index in [4.69, 9.17) is 4.42 Å². The molecule has 1 amide bonds. The minimum Gasteiger partial charge on any atom is -0.463 e. The van der Waals surface area contributed by atoms with Crippen molar-refractivity contribution >= 4 is 5.91 Å². The summed E-state index contributed by atoms with van der Waals surface area (Å²) < 4.78 is 6.38. The Kier molecular flexibility index (Phi) is 4.26. The average molecular weight is 289 g/mol. The van der Waals surface area contributed by atoms with Crippen LogP contribution >= 0.6 is 0 Å². The fourth-order valence-electron chi connectivity index (χ4n) is 1.76. The second-order valence-corrected chi connectivity index (χ2v) is 5.48. The van der Waals surface area contributed by atoms with E-state index in [1.807, 2.05) is 20.8 Å². The Bertz CT molecular complexity index is 672. The molecule has 2 heterocycles. The SMILES string of the molecule is CCC(C)(C)NC(=O)Cn1nc(-c2ccco2)ccc1=O. The smallest absolute Gasteiger partial charge is 0.267 e. The molecule has 0 unspecified atom stereocenters. The number of rotatable bonds is 5. The van der Waals surface area contributed by atoms with Crippen LogP contribution in [0.2, 0.25) is 0 Å². The number of carbonyl (C=O) groups is 1. The molecule has 6 heteroatoms. The van der Waals surface area contributed by atoms with Crippen LogP contribution in [-0.4, -0.2) is 21.2 Å². The van der Waals surface area contributed by atoms with Crippen molar-refractivity contribution in [1.29, 1.82) is 0 Å². The molecule has 0 spiro atoms. The van der Waals surface area contributed by atoms with Crippen LogP contribution in [0.1, 0.15) is 27.2 Å². The van der Waals surface area contributed by atoms with E-state index in [1.54, 1.807) is 18.2 Å². The Morgan fingerprint density at radius 3 is 2.76 bits per heavy atom. The van der Waals surface area contributed by atoms with Crippen LogP contribution in [0.25, 0.3) is 11.5 Å². The van der Waals surface area contributed by atoms with Gasteiger partial charge < -0.3 is 9.73 Å². The van der Waals surface area contributed by atoms with Gasteiger partial charge in [-0.2, -0.15) is 5.10 Å². The summed E-state index contributed by atoms with van der Waals surface area (Å²) in [6, 6.07) is 6.44. The number of amides is 1. The Balaban J connectivity index is 2.18. The minimum atomic E-state index is -0.324. The first-order valence-electron chi connectivity index (χ1n) is 6.84. The normalized spacial score (nSPS) is 11.4. The number of carbonyl (C=O) groups excluding carboxylic acids is 1. The minimum absolute atomic E-state index is 0.114. The van der Waals surface area contributed by atoms with Crippen molar-refractivity contribution in [3.05, 3.63) is 40.9 Å². The van der Waals surface area contributed by atoms with Crippen molar-refractivity contribution in [2.24, 2.45) is 0 Å². The van der Waals surface area contributed by atoms with Gasteiger partial charge in [0.25, 0.3) is 5.56 Å². The van der Waals surface area contributed by atoms with E-state index in [9.17, 15) is 9.59 Å². The van der Waals surface area contributed by atoms with Crippen molar-refractivity contribution < 1.29 is 9.21 Å². The van der Waals surface area contributed by atoms with Gasteiger partial charge in [-0.3, -0.25) is 9.59 Å². The first-order chi connectivity index (χ1) is 9.91. The molecular formula is C15H19N3O3. The molecule has 0 aliphatic heterocycles. The van der Waals surface area contributed by atoms with Gasteiger partial charge in [0.15, 0.2) is 5.76 Å². The molecule has 1 N–H and O–H groups in total. The average Bonchev–Trinajstić information content (AvgIpc) is 2.94. The van der Waals surface area contributed by atoms with Crippen LogP contribution in [0.15, 0.2) is 39.7 Å². The van der Waals surface area contributed by atoms with Gasteiger partial charge >= 0.3 is 0 Å². The van der Waals surface area contributed by atoms with Gasteiger partial charge in [0, 0.05) is 11.6 Å². The summed E-state index contributed by atoms with van der Waals surface area (Å²) >= 11 is 0. The number of furan rings is 1. The molecule has 0 saturated heterocycles. The van der Waals surface area contributed by atoms with Crippen molar-refractivity contribution in [3.63, 3.8) is 0 Å². The lowest BCUT2D eigenvalue weighted by atomic mass is 10.0. The Morgan fingerprint density at radius 1 is 1.38 bits per heavy atom. The highest BCUT2D eigenvalue weighted by molar-refractivity contribution is 5.76. The van der Waals surface area contributed by atoms with E-state index in [0.29, 0.717) is 11.5 Å². The molecule has 0 bridgehead atoms. The highest BCUT2D eigenvalue weighted by atomic mass is 16.3. The molecular weight excluding hydrogens is 270 g/mol. The van der Waals surface area contributed by atoms with Crippen LogP contribution in [0.5, 0.6) is 0 Å². The molecule has 21 heavy (non-hydrogen) atoms. The molecule has 0 aliphatic rings. The molecule has 0 aliphatic carbocycles. The zero-order valence-electron chi connectivity index (χ0n) is 12.4. The monoisotopic (exact) mass is 289 g/mol. The van der Waals surface area contributed by atoms with Crippen molar-refractivity contribution in [3.8, 4) is 11.5 Å². The Morgan fingerprint density at radius 2 is 2.14 bits per heavy atom. The zero-order chi connectivity index (χ0) is 15.5. The predicted molar refractivity (Wildman–Crippen MR) is 78.7 cm³/mol. The summed E-state index contributed by atoms with van der Waals surface area (Å²) in [5.74, 6) is 0.311. The molecule has 2 aromatic heterocycles. The van der Waals surface area contributed by atoms with E-state index in [1.165, 1.54) is 12.3 Å². The van der Waals surface area contributed by atoms with Crippen molar-refractivity contribution in [2.45, 2.75) is 39.3 Å². The number of hydrogen-bond donors (Lipinski definition) is 1. The number of nitrogens with one attached hydrogen (secondary N) is 1. The zero-order valence-corrected chi connectivity index (χ0v) is 12.4. The maximum Gasteiger partial charge on any atom is 0.267 e. The third-order valence-electron chi connectivity index (χ3n) is 3.30. The Labute approximate surface area is 122 Å². The quantitative estimate of drug-likeness (QED) is 0.910. The lowest BCUT2D eigenvalue weighted by molar-refractivity contribution is -0.123. The standard InChI is InChI=1S/C15H19N3O3/c1-4-15(2,3)16-13(19)10-18-14(20)8-7-11(17-18)12-6-5-9-21-12/h5-9H,4,10H2,1-3H3,(H,16,19). The van der Waals surface area contributed by atoms with Gasteiger partial charge in [-0.15, -0.1) is 0 Å². The molecule has 112 valence electrons. The summed E-state index contributed by atoms with van der Waals surface area (Å²) in [6.45, 7) is 5.74. The van der Waals surface area contributed by atoms with Gasteiger partial charge in [-0.05, 0) is 38.5 Å². The topological polar surface area (TPSA) is 77.1 Å². The maximum absolute atomic E-state index is 12.0. The first kappa shape index (κ1) is 15.0. The van der Waals surface area contributed by atoms with Crippen LogP contribution < -0.4 is 10.9 Å². The largest absolute Gasteiger partial charge is 0.463 e. The highest BCUT2D eigenvalue weighted by Gasteiger charge is 2.18. The van der Waals surface area contributed by atoms with Crippen LogP contribution in [0, 0.1) is 0 Å². The summed E-state index contributed by atoms with van der Waals surface area (Å²) in [5, 5.41) is 7.03. The summed E-state index contributed by atoms with van der Waals surface area (Å²) in [5.41, 5.74) is -0.115. The molecule has 2 aromatic rings. The van der Waals surface area contributed by atoms with Gasteiger partial charge in [0.1, 0.15) is 12.2 Å². The van der Waals surface area contributed by atoms with Crippen molar-refractivity contribution in [2.75, 3.05) is 0 Å². The molecule has 0 radical (unpaired) electrons. The summed E-state index contributed by atoms with van der Waals surface area (Å²) in [6.07, 6.45) is 2.33. The maximum atomic E-state index is 12.0. The van der Waals surface area contributed by atoms with Gasteiger partial charge in [-0.25, -0.2) is 4.68 Å². The second kappa shape index (κ2) is 5.95. The lowest BCUT2D eigenvalue weighted by Crippen LogP contribution is -2.45. The van der Waals surface area contributed by atoms with Gasteiger partial charge in [0.2, 0.25) is 5.91 Å². The lowest BCUT2D eigenvalue weighted by Gasteiger charge is -2.24. The van der Waals surface area contributed by atoms with E-state index < -0.39 is 0 Å². The van der Waals surface area contributed by atoms with Crippen LogP contribution in [-0.2, 0) is 11.3 Å². The predicted octanol–water partition coefficient (Wildman–Crippen LogP) is 1.81. The molecule has 6 nitrogen and oxygen atoms in total. The van der Waals surface area contributed by atoms with Crippen LogP contribution in [0.4, 0.5) is 0 Å². The van der Waals surface area contributed by atoms with E-state index in [2.05, 4.69) is 10.4 Å². The molecule has 0 fully saturated rings. The Hall–Kier alpha value is -2.37. The first-order valence-corrected chi connectivity index (χ1v) is 6.84. The second-order valence-electron chi connectivity index (χ2n) is 5.48. The fourth-order valence-corrected chi connectivity index (χ4v) is 1.76. The molecule has 0 aromatic carbocycles. The molecule has 0 saturated carbocycles. The van der Waals surface area contributed by atoms with Crippen molar-refractivity contribution in [1.82, 2.24) is 15.1 Å². The third kappa shape index (κ3) is 3.81. The number of nitrogens with zero attached hydrogens (tertiary/aromatic N) is 2. The van der Waals surface area contributed by atoms with Gasteiger partial charge in [-0.1, -0.05) is 6.92 Å². The third-order valence-corrected chi connectivity index (χ3v) is 3.30. The molecule has 0 atom stereocenters. The number of aromatic nitrogens is 2. The highest BCUT2D eigenvalue weighted by Crippen LogP contribution is 2.15. The fraction of sp³-hybridized carbons (Fsp3) is 0.400. The van der Waals surface area contributed by atoms with E-state index in [-0.39, 0.29) is 23.6 Å². The number of hydrogen-bond acceptors (Lipinski definition) is 4. The van der Waals surface area contributed by atoms with E-state index >= 15 is 0 Å². The summed E-state index contributed by atoms with van der Waals surface area (Å²) in [4.78, 5) is 23.8.